The second-order valence-corrected chi connectivity index (χ2v) is 7.06. The molecule has 1 aromatic carbocycles. The highest BCUT2D eigenvalue weighted by molar-refractivity contribution is 9.10. The predicted molar refractivity (Wildman–Crippen MR) is 83.4 cm³/mol. The van der Waals surface area contributed by atoms with Crippen molar-refractivity contribution in [2.75, 3.05) is 11.8 Å². The zero-order valence-corrected chi connectivity index (χ0v) is 14.3. The summed E-state index contributed by atoms with van der Waals surface area (Å²) in [4.78, 5) is 4.01. The summed E-state index contributed by atoms with van der Waals surface area (Å²) in [6, 6.07) is 8.01. The number of hydrogen-bond donors (Lipinski definition) is 1. The van der Waals surface area contributed by atoms with Crippen molar-refractivity contribution < 1.29 is 13.2 Å². The molecule has 0 radical (unpaired) electrons. The van der Waals surface area contributed by atoms with Crippen LogP contribution in [-0.2, 0) is 10.0 Å². The topological polar surface area (TPSA) is 68.3 Å². The van der Waals surface area contributed by atoms with Crippen LogP contribution in [0.5, 0.6) is 5.75 Å². The predicted octanol–water partition coefficient (Wildman–Crippen LogP) is 3.42. The Balaban J connectivity index is 2.46. The number of hydrogen-bond acceptors (Lipinski definition) is 4. The van der Waals surface area contributed by atoms with Crippen LogP contribution in [0.15, 0.2) is 50.5 Å². The summed E-state index contributed by atoms with van der Waals surface area (Å²) in [5.41, 5.74) is 0.356. The molecule has 2 aromatic rings. The van der Waals surface area contributed by atoms with Crippen molar-refractivity contribution in [2.24, 2.45) is 0 Å². The minimum absolute atomic E-state index is 0.0464. The maximum absolute atomic E-state index is 12.4. The fourth-order valence-electron chi connectivity index (χ4n) is 1.52. The third-order valence-electron chi connectivity index (χ3n) is 2.42. The van der Waals surface area contributed by atoms with Gasteiger partial charge in [0.1, 0.15) is 15.2 Å². The van der Waals surface area contributed by atoms with Gasteiger partial charge < -0.3 is 4.74 Å². The highest BCUT2D eigenvalue weighted by atomic mass is 79.9. The Morgan fingerprint density at radius 3 is 2.65 bits per heavy atom. The third-order valence-corrected chi connectivity index (χ3v) is 4.93. The molecule has 0 aliphatic rings. The average molecular weight is 422 g/mol. The van der Waals surface area contributed by atoms with Crippen molar-refractivity contribution >= 4 is 47.6 Å². The van der Waals surface area contributed by atoms with Crippen LogP contribution in [0.25, 0.3) is 0 Å². The molecule has 106 valence electrons. The Labute approximate surface area is 133 Å². The van der Waals surface area contributed by atoms with Crippen LogP contribution in [0.2, 0.25) is 0 Å². The lowest BCUT2D eigenvalue weighted by Gasteiger charge is -2.12. The normalized spacial score (nSPS) is 11.2. The van der Waals surface area contributed by atoms with E-state index in [1.54, 1.807) is 30.5 Å². The number of rotatable bonds is 4. The second kappa shape index (κ2) is 6.11. The number of halogens is 2. The van der Waals surface area contributed by atoms with Gasteiger partial charge in [-0.1, -0.05) is 15.9 Å². The van der Waals surface area contributed by atoms with E-state index in [0.717, 1.165) is 0 Å². The van der Waals surface area contributed by atoms with Crippen LogP contribution in [0.4, 0.5) is 5.69 Å². The number of aromatic nitrogens is 1. The lowest BCUT2D eigenvalue weighted by atomic mass is 10.3. The molecule has 0 bridgehead atoms. The number of sulfonamides is 1. The Kier molecular flexibility index (Phi) is 4.66. The van der Waals surface area contributed by atoms with E-state index < -0.39 is 10.0 Å². The van der Waals surface area contributed by atoms with Crippen molar-refractivity contribution in [1.82, 2.24) is 4.98 Å². The minimum Gasteiger partial charge on any atom is -0.495 e. The second-order valence-electron chi connectivity index (χ2n) is 3.74. The van der Waals surface area contributed by atoms with Gasteiger partial charge in [-0.15, -0.1) is 0 Å². The number of ether oxygens (including phenoxy) is 1. The van der Waals surface area contributed by atoms with E-state index in [1.807, 2.05) is 0 Å². The van der Waals surface area contributed by atoms with Crippen molar-refractivity contribution in [2.45, 2.75) is 4.90 Å². The molecule has 0 aliphatic carbocycles. The van der Waals surface area contributed by atoms with Crippen molar-refractivity contribution in [3.63, 3.8) is 0 Å². The Morgan fingerprint density at radius 2 is 2.00 bits per heavy atom. The summed E-state index contributed by atoms with van der Waals surface area (Å²) in [6.07, 6.45) is 1.56. The molecule has 2 rings (SSSR count). The maximum Gasteiger partial charge on any atom is 0.265 e. The van der Waals surface area contributed by atoms with Gasteiger partial charge in [-0.25, -0.2) is 13.4 Å². The molecule has 0 amide bonds. The molecule has 0 saturated carbocycles. The Hall–Kier alpha value is -1.12. The van der Waals surface area contributed by atoms with Crippen LogP contribution in [-0.4, -0.2) is 20.5 Å². The number of nitrogens with zero attached hydrogens (tertiary/aromatic N) is 1. The number of methoxy groups -OCH3 is 1. The smallest absolute Gasteiger partial charge is 0.265 e. The quantitative estimate of drug-likeness (QED) is 0.768. The molecule has 0 aliphatic heterocycles. The van der Waals surface area contributed by atoms with Gasteiger partial charge in [-0.05, 0) is 46.3 Å². The summed E-state index contributed by atoms with van der Waals surface area (Å²) < 4.78 is 33.5. The van der Waals surface area contributed by atoms with Crippen LogP contribution >= 0.6 is 31.9 Å². The van der Waals surface area contributed by atoms with E-state index in [0.29, 0.717) is 14.8 Å². The lowest BCUT2D eigenvalue weighted by Crippen LogP contribution is -2.14. The molecule has 1 N–H and O–H groups in total. The fraction of sp³-hybridized carbons (Fsp3) is 0.0833. The van der Waals surface area contributed by atoms with Gasteiger partial charge >= 0.3 is 0 Å². The minimum atomic E-state index is -3.78. The van der Waals surface area contributed by atoms with Gasteiger partial charge in [0, 0.05) is 10.7 Å². The maximum atomic E-state index is 12.4. The van der Waals surface area contributed by atoms with E-state index in [4.69, 9.17) is 4.74 Å². The Morgan fingerprint density at radius 1 is 1.25 bits per heavy atom. The molecule has 20 heavy (non-hydrogen) atoms. The highest BCUT2D eigenvalue weighted by Crippen LogP contribution is 2.30. The number of nitrogens with one attached hydrogen (secondary N) is 1. The molecule has 0 spiro atoms. The average Bonchev–Trinajstić information content (AvgIpc) is 2.41. The van der Waals surface area contributed by atoms with Crippen LogP contribution in [0, 0.1) is 0 Å². The van der Waals surface area contributed by atoms with Crippen molar-refractivity contribution in [3.8, 4) is 5.75 Å². The standard InChI is InChI=1S/C12H10Br2N2O3S/c1-19-10-5-4-8(13)7-11(10)20(17,18)16-9-3-2-6-15-12(9)14/h2-7,16H,1H3. The summed E-state index contributed by atoms with van der Waals surface area (Å²) in [5.74, 6) is 0.265. The van der Waals surface area contributed by atoms with Crippen molar-refractivity contribution in [1.29, 1.82) is 0 Å². The van der Waals surface area contributed by atoms with Crippen molar-refractivity contribution in [3.05, 3.63) is 45.6 Å². The highest BCUT2D eigenvalue weighted by Gasteiger charge is 2.21. The fourth-order valence-corrected chi connectivity index (χ4v) is 3.78. The summed E-state index contributed by atoms with van der Waals surface area (Å²) in [6.45, 7) is 0. The van der Waals surface area contributed by atoms with Gasteiger partial charge in [0.05, 0.1) is 12.8 Å². The molecular weight excluding hydrogens is 412 g/mol. The summed E-state index contributed by atoms with van der Waals surface area (Å²) in [5, 5.41) is 0. The number of benzene rings is 1. The molecule has 0 saturated heterocycles. The third kappa shape index (κ3) is 3.31. The first-order valence-corrected chi connectivity index (χ1v) is 8.48. The molecule has 8 heteroatoms. The van der Waals surface area contributed by atoms with Gasteiger partial charge in [0.2, 0.25) is 0 Å². The summed E-state index contributed by atoms with van der Waals surface area (Å²) >= 11 is 6.44. The van der Waals surface area contributed by atoms with Crippen LogP contribution in [0.1, 0.15) is 0 Å². The molecule has 5 nitrogen and oxygen atoms in total. The molecule has 1 heterocycles. The Bertz CT molecular complexity index is 735. The van der Waals surface area contributed by atoms with Crippen LogP contribution < -0.4 is 9.46 Å². The molecule has 1 aromatic heterocycles. The van der Waals surface area contributed by atoms with E-state index in [2.05, 4.69) is 41.6 Å². The number of pyridine rings is 1. The van der Waals surface area contributed by atoms with Crippen LogP contribution in [0.3, 0.4) is 0 Å². The lowest BCUT2D eigenvalue weighted by molar-refractivity contribution is 0.403. The van der Waals surface area contributed by atoms with Gasteiger partial charge in [-0.2, -0.15) is 0 Å². The number of anilines is 1. The molecule has 0 atom stereocenters. The first kappa shape index (κ1) is 15.3. The largest absolute Gasteiger partial charge is 0.495 e. The first-order chi connectivity index (χ1) is 9.44. The van der Waals surface area contributed by atoms with E-state index in [9.17, 15) is 8.42 Å². The van der Waals surface area contributed by atoms with E-state index >= 15 is 0 Å². The molecule has 0 fully saturated rings. The van der Waals surface area contributed by atoms with Gasteiger partial charge in [0.25, 0.3) is 10.0 Å². The SMILES string of the molecule is COc1ccc(Br)cc1S(=O)(=O)Nc1cccnc1Br. The monoisotopic (exact) mass is 420 g/mol. The van der Waals surface area contributed by atoms with Gasteiger partial charge in [-0.3, -0.25) is 4.72 Å². The summed E-state index contributed by atoms with van der Waals surface area (Å²) in [7, 11) is -2.36. The zero-order valence-electron chi connectivity index (χ0n) is 10.3. The van der Waals surface area contributed by atoms with E-state index in [-0.39, 0.29) is 10.6 Å². The van der Waals surface area contributed by atoms with Gasteiger partial charge in [0.15, 0.2) is 0 Å². The first-order valence-electron chi connectivity index (χ1n) is 5.41. The van der Waals surface area contributed by atoms with E-state index in [1.165, 1.54) is 13.2 Å². The molecule has 0 unspecified atom stereocenters. The molecular formula is C12H10Br2N2O3S. The zero-order chi connectivity index (χ0) is 14.8.